The zero-order valence-electron chi connectivity index (χ0n) is 35.9. The fraction of sp³-hybridized carbons (Fsp3) is 0.936. The summed E-state index contributed by atoms with van der Waals surface area (Å²) in [6, 6.07) is 0. The molecule has 5 nitrogen and oxygen atoms in total. The van der Waals surface area contributed by atoms with E-state index in [1.54, 1.807) is 11.8 Å². The maximum Gasteiger partial charge on any atom is 0.306 e. The summed E-state index contributed by atoms with van der Waals surface area (Å²) in [5.74, 6) is 0.427. The Hall–Kier alpha value is -1.04. The average Bonchev–Trinajstić information content (AvgIpc) is 3.14. The minimum Gasteiger partial charge on any atom is -0.462 e. The van der Waals surface area contributed by atoms with E-state index in [1.165, 1.54) is 116 Å². The number of rotatable bonds is 36. The lowest BCUT2D eigenvalue weighted by Crippen LogP contribution is -2.21. The molecule has 1 aliphatic rings. The summed E-state index contributed by atoms with van der Waals surface area (Å²) in [5.41, 5.74) is 0. The molecule has 1 rings (SSSR count). The number of thioether (sulfide) groups is 1. The number of ether oxygens (including phenoxy) is 2. The van der Waals surface area contributed by atoms with Crippen LogP contribution >= 0.6 is 11.8 Å². The van der Waals surface area contributed by atoms with Crippen LogP contribution in [0, 0.1) is 11.8 Å². The van der Waals surface area contributed by atoms with Gasteiger partial charge in [0.25, 0.3) is 0 Å². The summed E-state index contributed by atoms with van der Waals surface area (Å²) >= 11 is 1.56. The van der Waals surface area contributed by atoms with E-state index in [2.05, 4.69) is 34.6 Å². The summed E-state index contributed by atoms with van der Waals surface area (Å²) in [4.78, 5) is 39.9. The first-order valence-electron chi connectivity index (χ1n) is 23.4. The normalized spacial score (nSPS) is 16.2. The molecule has 1 fully saturated rings. The van der Waals surface area contributed by atoms with Crippen molar-refractivity contribution in [1.29, 1.82) is 0 Å². The van der Waals surface area contributed by atoms with E-state index in [-0.39, 0.29) is 35.2 Å². The third kappa shape index (κ3) is 28.9. The second kappa shape index (κ2) is 35.4. The molecule has 0 spiro atoms. The van der Waals surface area contributed by atoms with Crippen molar-refractivity contribution in [2.24, 2.45) is 11.8 Å². The van der Waals surface area contributed by atoms with E-state index in [1.807, 2.05) is 0 Å². The molecule has 0 atom stereocenters. The van der Waals surface area contributed by atoms with Crippen LogP contribution in [0.25, 0.3) is 0 Å². The molecule has 0 aromatic rings. The number of hydrogen-bond acceptors (Lipinski definition) is 6. The fourth-order valence-corrected chi connectivity index (χ4v) is 9.15. The Morgan fingerprint density at radius 1 is 0.472 bits per heavy atom. The lowest BCUT2D eigenvalue weighted by Gasteiger charge is -2.26. The van der Waals surface area contributed by atoms with Crippen molar-refractivity contribution in [3.8, 4) is 0 Å². The highest BCUT2D eigenvalue weighted by molar-refractivity contribution is 8.14. The molecule has 0 aromatic carbocycles. The Balaban J connectivity index is 2.71. The summed E-state index contributed by atoms with van der Waals surface area (Å²) < 4.78 is 12.2. The number of unbranched alkanes of at least 4 members (excludes halogenated alkanes) is 16. The molecule has 1 aliphatic carbocycles. The number of carbonyl (C=O) groups excluding carboxylic acids is 3. The predicted octanol–water partition coefficient (Wildman–Crippen LogP) is 15.0. The molecule has 0 N–H and O–H groups in total. The molecule has 0 aliphatic heterocycles. The van der Waals surface area contributed by atoms with Crippen LogP contribution in [0.5, 0.6) is 0 Å². The smallest absolute Gasteiger partial charge is 0.306 e. The first kappa shape index (κ1) is 50.0. The average molecular weight is 765 g/mol. The van der Waals surface area contributed by atoms with Crippen molar-refractivity contribution in [2.45, 2.75) is 270 Å². The third-order valence-electron chi connectivity index (χ3n) is 11.6. The molecular formula is C47H88O5S. The summed E-state index contributed by atoms with van der Waals surface area (Å²) in [7, 11) is 0. The van der Waals surface area contributed by atoms with Gasteiger partial charge >= 0.3 is 11.9 Å². The maximum atomic E-state index is 13.7. The van der Waals surface area contributed by atoms with E-state index >= 15 is 0 Å². The Bertz CT molecular complexity index is 789. The van der Waals surface area contributed by atoms with Crippen molar-refractivity contribution in [3.05, 3.63) is 0 Å². The van der Waals surface area contributed by atoms with E-state index < -0.39 is 0 Å². The molecule has 0 unspecified atom stereocenters. The highest BCUT2D eigenvalue weighted by Crippen LogP contribution is 2.35. The largest absolute Gasteiger partial charge is 0.462 e. The minimum absolute atomic E-state index is 0.0231. The van der Waals surface area contributed by atoms with E-state index in [4.69, 9.17) is 9.47 Å². The lowest BCUT2D eigenvalue weighted by atomic mass is 9.91. The molecular weight excluding hydrogens is 677 g/mol. The minimum atomic E-state index is -0.124. The zero-order chi connectivity index (χ0) is 38.8. The van der Waals surface area contributed by atoms with Gasteiger partial charge in [-0.3, -0.25) is 14.4 Å². The van der Waals surface area contributed by atoms with Gasteiger partial charge in [0.1, 0.15) is 12.2 Å². The van der Waals surface area contributed by atoms with Gasteiger partial charge in [0.15, 0.2) is 5.12 Å². The summed E-state index contributed by atoms with van der Waals surface area (Å²) in [6.45, 7) is 11.3. The van der Waals surface area contributed by atoms with Crippen LogP contribution in [0.1, 0.15) is 253 Å². The third-order valence-corrected chi connectivity index (χ3v) is 12.9. The molecule has 53 heavy (non-hydrogen) atoms. The Kier molecular flexibility index (Phi) is 33.4. The van der Waals surface area contributed by atoms with Gasteiger partial charge in [0.05, 0.1) is 0 Å². The van der Waals surface area contributed by atoms with Crippen LogP contribution in [-0.4, -0.2) is 34.5 Å². The van der Waals surface area contributed by atoms with Crippen LogP contribution in [0.3, 0.4) is 0 Å². The van der Waals surface area contributed by atoms with Gasteiger partial charge in [-0.15, -0.1) is 0 Å². The van der Waals surface area contributed by atoms with Crippen molar-refractivity contribution in [1.82, 2.24) is 0 Å². The highest BCUT2D eigenvalue weighted by atomic mass is 32.2. The van der Waals surface area contributed by atoms with E-state index in [0.717, 1.165) is 70.1 Å². The highest BCUT2D eigenvalue weighted by Gasteiger charge is 2.27. The number of esters is 2. The molecule has 312 valence electrons. The van der Waals surface area contributed by atoms with Gasteiger partial charge in [0.2, 0.25) is 0 Å². The molecule has 0 radical (unpaired) electrons. The van der Waals surface area contributed by atoms with Crippen molar-refractivity contribution in [2.75, 3.05) is 0 Å². The Morgan fingerprint density at radius 2 is 0.811 bits per heavy atom. The van der Waals surface area contributed by atoms with Gasteiger partial charge in [-0.05, 0) is 109 Å². The molecule has 0 aromatic heterocycles. The SMILES string of the molecule is CCCCCCCC(CCCCCCC)OC(=O)CCCC(CCCC(=O)OC(CCCCCCC)CCCCCCC)C(=O)SC1CCC(C)CC1. The zero-order valence-corrected chi connectivity index (χ0v) is 36.7. The van der Waals surface area contributed by atoms with Crippen LogP contribution < -0.4 is 0 Å². The standard InChI is InChI=1S/C47H88O5S/c1-6-10-14-18-22-30-42(31-23-19-15-11-7-2)51-45(48)34-26-28-41(47(50)53-44-38-36-40(5)37-39-44)29-27-35-46(49)52-43(32-24-20-16-12-8-3)33-25-21-17-13-9-4/h40-44H,6-39H2,1-5H3. The number of hydrogen-bond donors (Lipinski definition) is 0. The second-order valence-corrected chi connectivity index (χ2v) is 18.1. The predicted molar refractivity (Wildman–Crippen MR) is 228 cm³/mol. The van der Waals surface area contributed by atoms with Gasteiger partial charge < -0.3 is 9.47 Å². The second-order valence-electron chi connectivity index (χ2n) is 16.8. The first-order chi connectivity index (χ1) is 25.8. The molecule has 0 heterocycles. The van der Waals surface area contributed by atoms with Crippen molar-refractivity contribution in [3.63, 3.8) is 0 Å². The lowest BCUT2D eigenvalue weighted by molar-refractivity contribution is -0.150. The molecule has 0 saturated heterocycles. The van der Waals surface area contributed by atoms with Crippen LogP contribution in [0.4, 0.5) is 0 Å². The quantitative estimate of drug-likeness (QED) is 0.0467. The molecule has 6 heteroatoms. The molecule has 0 bridgehead atoms. The van der Waals surface area contributed by atoms with E-state index in [9.17, 15) is 14.4 Å². The fourth-order valence-electron chi connectivity index (χ4n) is 7.89. The first-order valence-corrected chi connectivity index (χ1v) is 24.3. The molecule has 0 amide bonds. The maximum absolute atomic E-state index is 13.7. The van der Waals surface area contributed by atoms with Crippen molar-refractivity contribution < 1.29 is 23.9 Å². The van der Waals surface area contributed by atoms with Crippen molar-refractivity contribution >= 4 is 28.8 Å². The van der Waals surface area contributed by atoms with Gasteiger partial charge in [-0.2, -0.15) is 0 Å². The van der Waals surface area contributed by atoms with Gasteiger partial charge in [-0.1, -0.05) is 149 Å². The molecule has 1 saturated carbocycles. The van der Waals surface area contributed by atoms with E-state index in [0.29, 0.717) is 43.8 Å². The summed E-state index contributed by atoms with van der Waals surface area (Å²) in [5, 5.41) is 0.669. The van der Waals surface area contributed by atoms with Gasteiger partial charge in [0, 0.05) is 24.0 Å². The Morgan fingerprint density at radius 3 is 1.15 bits per heavy atom. The Labute approximate surface area is 333 Å². The monoisotopic (exact) mass is 765 g/mol. The number of carbonyl (C=O) groups is 3. The van der Waals surface area contributed by atoms with Gasteiger partial charge in [-0.25, -0.2) is 0 Å². The van der Waals surface area contributed by atoms with Crippen LogP contribution in [0.15, 0.2) is 0 Å². The topological polar surface area (TPSA) is 69.7 Å². The van der Waals surface area contributed by atoms with Crippen LogP contribution in [-0.2, 0) is 23.9 Å². The summed E-state index contributed by atoms with van der Waals surface area (Å²) in [6.07, 6.45) is 36.5. The van der Waals surface area contributed by atoms with Crippen LogP contribution in [0.2, 0.25) is 0 Å².